The van der Waals surface area contributed by atoms with Gasteiger partial charge in [-0.1, -0.05) is 86.0 Å². The van der Waals surface area contributed by atoms with Crippen LogP contribution in [-0.4, -0.2) is 31.5 Å². The smallest absolute Gasteiger partial charge is 0.396 e. The van der Waals surface area contributed by atoms with Gasteiger partial charge in [0.1, 0.15) is 0 Å². The van der Waals surface area contributed by atoms with Crippen molar-refractivity contribution < 1.29 is 23.2 Å². The summed E-state index contributed by atoms with van der Waals surface area (Å²) in [7, 11) is -3.57. The van der Waals surface area contributed by atoms with E-state index in [4.69, 9.17) is 18.7 Å². The van der Waals surface area contributed by atoms with Crippen molar-refractivity contribution in [1.29, 1.82) is 0 Å². The topological polar surface area (TPSA) is 65.0 Å². The average molecular weight is 451 g/mol. The van der Waals surface area contributed by atoms with Crippen molar-refractivity contribution in [1.82, 2.24) is 0 Å². The highest BCUT2D eigenvalue weighted by molar-refractivity contribution is 7.48. The molecule has 0 heterocycles. The number of aliphatic hydroxyl groups excluding tert-OH is 1. The van der Waals surface area contributed by atoms with Gasteiger partial charge in [-0.3, -0.25) is 13.6 Å². The molecule has 3 unspecified atom stereocenters. The van der Waals surface area contributed by atoms with Gasteiger partial charge in [0.25, 0.3) is 0 Å². The third-order valence-electron chi connectivity index (χ3n) is 6.09. The Hall–Kier alpha value is 0.0700. The van der Waals surface area contributed by atoms with Crippen LogP contribution in [0.1, 0.15) is 112 Å². The fourth-order valence-corrected chi connectivity index (χ4v) is 4.85. The molecule has 0 saturated carbocycles. The largest absolute Gasteiger partial charge is 0.474 e. The molecule has 0 radical (unpaired) electrons. The van der Waals surface area contributed by atoms with Crippen LogP contribution in [0.5, 0.6) is 0 Å². The van der Waals surface area contributed by atoms with E-state index in [2.05, 4.69) is 34.6 Å². The zero-order valence-corrected chi connectivity index (χ0v) is 21.5. The molecule has 0 fully saturated rings. The van der Waals surface area contributed by atoms with Gasteiger partial charge >= 0.3 is 7.82 Å². The van der Waals surface area contributed by atoms with Crippen LogP contribution in [0.3, 0.4) is 0 Å². The van der Waals surface area contributed by atoms with E-state index in [0.717, 1.165) is 77.0 Å². The molecule has 3 atom stereocenters. The zero-order chi connectivity index (χ0) is 22.7. The second-order valence-electron chi connectivity index (χ2n) is 8.66. The van der Waals surface area contributed by atoms with Crippen molar-refractivity contribution in [3.8, 4) is 0 Å². The molecule has 0 bridgehead atoms. The molecule has 0 aliphatic heterocycles. The van der Waals surface area contributed by atoms with Crippen LogP contribution < -0.4 is 0 Å². The van der Waals surface area contributed by atoms with Crippen LogP contribution in [0.25, 0.3) is 0 Å². The Morgan fingerprint density at radius 2 is 1.00 bits per heavy atom. The maximum absolute atomic E-state index is 13.4. The third kappa shape index (κ3) is 15.0. The van der Waals surface area contributed by atoms with Crippen molar-refractivity contribution in [3.05, 3.63) is 0 Å². The molecule has 0 rings (SSSR count). The first-order chi connectivity index (χ1) is 14.5. The fourth-order valence-electron chi connectivity index (χ4n) is 3.45. The molecule has 182 valence electrons. The summed E-state index contributed by atoms with van der Waals surface area (Å²) in [6.07, 6.45) is 12.5. The molecule has 5 nitrogen and oxygen atoms in total. The number of phosphoric ester groups is 1. The molecule has 1 N–H and O–H groups in total. The lowest BCUT2D eigenvalue weighted by atomic mass is 10.0. The van der Waals surface area contributed by atoms with Crippen LogP contribution in [0, 0.1) is 17.8 Å². The normalized spacial score (nSPS) is 16.9. The summed E-state index contributed by atoms with van der Waals surface area (Å²) in [6, 6.07) is 0. The molecule has 0 amide bonds. The number of rotatable bonds is 22. The predicted octanol–water partition coefficient (Wildman–Crippen LogP) is 7.77. The molecule has 0 aromatic rings. The molecule has 0 aromatic heterocycles. The van der Waals surface area contributed by atoms with Gasteiger partial charge in [-0.25, -0.2) is 4.57 Å². The van der Waals surface area contributed by atoms with Crippen LogP contribution in [0.4, 0.5) is 0 Å². The van der Waals surface area contributed by atoms with Gasteiger partial charge in [0, 0.05) is 6.61 Å². The summed E-state index contributed by atoms with van der Waals surface area (Å²) in [5, 5.41) is 9.01. The predicted molar refractivity (Wildman–Crippen MR) is 127 cm³/mol. The van der Waals surface area contributed by atoms with Crippen molar-refractivity contribution in [2.24, 2.45) is 17.8 Å². The van der Waals surface area contributed by atoms with Gasteiger partial charge in [-0.2, -0.15) is 0 Å². The molecule has 0 aromatic carbocycles. The van der Waals surface area contributed by atoms with Gasteiger partial charge in [0.05, 0.1) is 19.8 Å². The summed E-state index contributed by atoms with van der Waals surface area (Å²) < 4.78 is 31.0. The van der Waals surface area contributed by atoms with E-state index in [9.17, 15) is 4.57 Å². The highest BCUT2D eigenvalue weighted by Crippen LogP contribution is 2.51. The van der Waals surface area contributed by atoms with Crippen molar-refractivity contribution >= 4 is 7.82 Å². The Balaban J connectivity index is 4.91. The summed E-state index contributed by atoms with van der Waals surface area (Å²) >= 11 is 0. The monoisotopic (exact) mass is 450 g/mol. The number of aliphatic hydroxyl groups is 1. The Labute approximate surface area is 187 Å². The third-order valence-corrected chi connectivity index (χ3v) is 7.49. The number of phosphoric acid groups is 1. The highest BCUT2D eigenvalue weighted by atomic mass is 31.2. The van der Waals surface area contributed by atoms with E-state index in [-0.39, 0.29) is 6.61 Å². The molecular weight excluding hydrogens is 399 g/mol. The maximum Gasteiger partial charge on any atom is 0.474 e. The van der Waals surface area contributed by atoms with Crippen molar-refractivity contribution in [3.63, 3.8) is 0 Å². The molecule has 0 spiro atoms. The minimum absolute atomic E-state index is 0.217. The van der Waals surface area contributed by atoms with E-state index < -0.39 is 7.82 Å². The first-order valence-electron chi connectivity index (χ1n) is 12.6. The summed E-state index contributed by atoms with van der Waals surface area (Å²) in [5.41, 5.74) is 0. The lowest BCUT2D eigenvalue weighted by Crippen LogP contribution is -2.16. The van der Waals surface area contributed by atoms with Crippen molar-refractivity contribution in [2.45, 2.75) is 112 Å². The van der Waals surface area contributed by atoms with Crippen LogP contribution in [0.2, 0.25) is 0 Å². The molecule has 0 aliphatic carbocycles. The summed E-state index contributed by atoms with van der Waals surface area (Å²) in [5.74, 6) is 1.08. The van der Waals surface area contributed by atoms with Gasteiger partial charge in [-0.15, -0.1) is 0 Å². The Bertz CT molecular complexity index is 394. The van der Waals surface area contributed by atoms with Crippen LogP contribution in [-0.2, 0) is 18.1 Å². The Morgan fingerprint density at radius 1 is 0.633 bits per heavy atom. The van der Waals surface area contributed by atoms with E-state index in [1.54, 1.807) is 0 Å². The second kappa shape index (κ2) is 19.7. The van der Waals surface area contributed by atoms with Gasteiger partial charge in [-0.05, 0) is 43.4 Å². The quantitative estimate of drug-likeness (QED) is 0.135. The zero-order valence-electron chi connectivity index (χ0n) is 20.6. The van der Waals surface area contributed by atoms with E-state index >= 15 is 0 Å². The standard InChI is InChI=1S/C24H51O5P/c1-6-11-15-22(8-3)19-27-30(26,28-20-23(9-4)16-12-7-2)29-21-24(10-5)17-13-14-18-25/h22-25H,6-21H2,1-5H3. The van der Waals surface area contributed by atoms with E-state index in [0.29, 0.717) is 37.6 Å². The number of unbranched alkanes of at least 4 members (excludes halogenated alkanes) is 3. The summed E-state index contributed by atoms with van der Waals surface area (Å²) in [6.45, 7) is 12.3. The van der Waals surface area contributed by atoms with Crippen LogP contribution >= 0.6 is 7.82 Å². The Kier molecular flexibility index (Phi) is 19.8. The fraction of sp³-hybridized carbons (Fsp3) is 1.00. The minimum atomic E-state index is -3.57. The minimum Gasteiger partial charge on any atom is -0.396 e. The lowest BCUT2D eigenvalue weighted by molar-refractivity contribution is 0.0730. The Morgan fingerprint density at radius 3 is 1.30 bits per heavy atom. The molecule has 0 aliphatic rings. The van der Waals surface area contributed by atoms with Gasteiger partial charge in [0.15, 0.2) is 0 Å². The van der Waals surface area contributed by atoms with E-state index in [1.807, 2.05) is 0 Å². The first kappa shape index (κ1) is 30.1. The molecule has 0 saturated heterocycles. The first-order valence-corrected chi connectivity index (χ1v) is 14.1. The van der Waals surface area contributed by atoms with E-state index in [1.165, 1.54) is 0 Å². The average Bonchev–Trinajstić information content (AvgIpc) is 2.76. The molecular formula is C24H51O5P. The lowest BCUT2D eigenvalue weighted by Gasteiger charge is -2.25. The SMILES string of the molecule is CCCCC(CC)COP(=O)(OCC(CC)CCCC)OCC(CC)CCCCO. The molecule has 30 heavy (non-hydrogen) atoms. The van der Waals surface area contributed by atoms with Crippen LogP contribution in [0.15, 0.2) is 0 Å². The molecule has 6 heteroatoms. The van der Waals surface area contributed by atoms with Crippen molar-refractivity contribution in [2.75, 3.05) is 26.4 Å². The second-order valence-corrected chi connectivity index (χ2v) is 10.3. The van der Waals surface area contributed by atoms with Gasteiger partial charge in [0.2, 0.25) is 0 Å². The summed E-state index contributed by atoms with van der Waals surface area (Å²) in [4.78, 5) is 0. The maximum atomic E-state index is 13.4. The number of hydrogen-bond donors (Lipinski definition) is 1. The highest BCUT2D eigenvalue weighted by Gasteiger charge is 2.30. The number of hydrogen-bond acceptors (Lipinski definition) is 5. The van der Waals surface area contributed by atoms with Gasteiger partial charge < -0.3 is 5.11 Å².